The maximum absolute atomic E-state index is 12.6. The van der Waals surface area contributed by atoms with Gasteiger partial charge < -0.3 is 15.3 Å². The number of anilines is 2. The second-order valence-corrected chi connectivity index (χ2v) is 7.24. The second-order valence-electron chi connectivity index (χ2n) is 7.24. The molecule has 0 heterocycles. The number of aromatic carboxylic acids is 1. The lowest BCUT2D eigenvalue weighted by Crippen LogP contribution is -2.19. The minimum absolute atomic E-state index is 0.00795. The molecule has 0 bridgehead atoms. The summed E-state index contributed by atoms with van der Waals surface area (Å²) in [6.45, 7) is 2.32. The number of rotatable bonds is 7. The van der Waals surface area contributed by atoms with Crippen molar-refractivity contribution in [3.05, 3.63) is 77.9 Å². The van der Waals surface area contributed by atoms with E-state index in [1.54, 1.807) is 24.1 Å². The first-order valence-corrected chi connectivity index (χ1v) is 9.83. The molecule has 0 aliphatic carbocycles. The van der Waals surface area contributed by atoms with Crippen molar-refractivity contribution in [1.29, 1.82) is 5.26 Å². The highest BCUT2D eigenvalue weighted by atomic mass is 16.4. The number of nitriles is 1. The van der Waals surface area contributed by atoms with Crippen LogP contribution in [-0.4, -0.2) is 30.6 Å². The van der Waals surface area contributed by atoms with Gasteiger partial charge >= 0.3 is 5.97 Å². The van der Waals surface area contributed by atoms with Crippen LogP contribution in [0.4, 0.5) is 11.4 Å². The predicted octanol–water partition coefficient (Wildman–Crippen LogP) is 4.93. The van der Waals surface area contributed by atoms with Crippen LogP contribution in [0.3, 0.4) is 0 Å². The number of carbonyl (C=O) groups excluding carboxylic acids is 1. The Kier molecular flexibility index (Phi) is 6.68. The van der Waals surface area contributed by atoms with E-state index in [-0.39, 0.29) is 11.3 Å². The Morgan fingerprint density at radius 1 is 1.10 bits per heavy atom. The number of fused-ring (bicyclic) bond motifs is 1. The Labute approximate surface area is 181 Å². The number of hydrogen-bond acceptors (Lipinski definition) is 4. The van der Waals surface area contributed by atoms with Crippen LogP contribution in [0.5, 0.6) is 0 Å². The number of carboxylic acids is 1. The molecule has 0 spiro atoms. The number of benzene rings is 3. The lowest BCUT2D eigenvalue weighted by atomic mass is 10.0. The Balaban J connectivity index is 1.81. The topological polar surface area (TPSA) is 93.4 Å². The number of nitrogens with one attached hydrogen (secondary N) is 1. The maximum atomic E-state index is 12.6. The molecule has 0 fully saturated rings. The van der Waals surface area contributed by atoms with Gasteiger partial charge in [0.1, 0.15) is 0 Å². The van der Waals surface area contributed by atoms with Gasteiger partial charge in [0.2, 0.25) is 5.91 Å². The molecule has 2 N–H and O–H groups in total. The monoisotopic (exact) mass is 413 g/mol. The summed E-state index contributed by atoms with van der Waals surface area (Å²) < 4.78 is 0. The van der Waals surface area contributed by atoms with Gasteiger partial charge in [-0.1, -0.05) is 36.4 Å². The van der Waals surface area contributed by atoms with E-state index in [0.717, 1.165) is 21.9 Å². The van der Waals surface area contributed by atoms with E-state index >= 15 is 0 Å². The predicted molar refractivity (Wildman–Crippen MR) is 123 cm³/mol. The van der Waals surface area contributed by atoms with Crippen LogP contribution in [-0.2, 0) is 4.79 Å². The van der Waals surface area contributed by atoms with Crippen molar-refractivity contribution in [1.82, 2.24) is 0 Å². The first-order valence-electron chi connectivity index (χ1n) is 9.83. The molecule has 0 atom stereocenters. The maximum Gasteiger partial charge on any atom is 0.337 e. The average molecular weight is 413 g/mol. The molecule has 156 valence electrons. The fourth-order valence-corrected chi connectivity index (χ4v) is 3.29. The van der Waals surface area contributed by atoms with Gasteiger partial charge in [-0.2, -0.15) is 5.26 Å². The van der Waals surface area contributed by atoms with Crippen molar-refractivity contribution in [3.8, 4) is 6.07 Å². The summed E-state index contributed by atoms with van der Waals surface area (Å²) in [5.41, 5.74) is 2.56. The average Bonchev–Trinajstić information content (AvgIpc) is 2.77. The highest BCUT2D eigenvalue weighted by Gasteiger charge is 2.14. The molecule has 0 unspecified atom stereocenters. The van der Waals surface area contributed by atoms with E-state index in [2.05, 4.69) is 11.4 Å². The zero-order valence-electron chi connectivity index (χ0n) is 17.4. The molecule has 3 aromatic carbocycles. The second kappa shape index (κ2) is 9.59. The third kappa shape index (κ3) is 5.28. The van der Waals surface area contributed by atoms with E-state index in [1.807, 2.05) is 49.4 Å². The van der Waals surface area contributed by atoms with Gasteiger partial charge in [-0.15, -0.1) is 0 Å². The van der Waals surface area contributed by atoms with Crippen LogP contribution in [0.15, 0.2) is 66.7 Å². The van der Waals surface area contributed by atoms with Gasteiger partial charge in [0, 0.05) is 25.4 Å². The van der Waals surface area contributed by atoms with Crippen LogP contribution in [0.1, 0.15) is 29.3 Å². The van der Waals surface area contributed by atoms with Gasteiger partial charge in [-0.25, -0.2) is 4.79 Å². The van der Waals surface area contributed by atoms with Gasteiger partial charge in [-0.05, 0) is 53.1 Å². The Hall–Kier alpha value is -4.11. The van der Waals surface area contributed by atoms with E-state index in [0.29, 0.717) is 18.7 Å². The van der Waals surface area contributed by atoms with Crippen molar-refractivity contribution < 1.29 is 14.7 Å². The van der Waals surface area contributed by atoms with Gasteiger partial charge in [0.05, 0.1) is 23.7 Å². The van der Waals surface area contributed by atoms with Crippen molar-refractivity contribution >= 4 is 39.6 Å². The van der Waals surface area contributed by atoms with E-state index in [9.17, 15) is 14.7 Å². The smallest absolute Gasteiger partial charge is 0.337 e. The molecule has 0 aromatic heterocycles. The quantitative estimate of drug-likeness (QED) is 0.536. The minimum atomic E-state index is -1.14. The Bertz CT molecular complexity index is 1210. The summed E-state index contributed by atoms with van der Waals surface area (Å²) in [6.07, 6.45) is 1.79. The summed E-state index contributed by atoms with van der Waals surface area (Å²) in [6, 6.07) is 20.8. The molecular weight excluding hydrogens is 390 g/mol. The van der Waals surface area contributed by atoms with E-state index in [4.69, 9.17) is 5.26 Å². The lowest BCUT2D eigenvalue weighted by molar-refractivity contribution is -0.111. The van der Waals surface area contributed by atoms with Crippen molar-refractivity contribution in [2.45, 2.75) is 13.3 Å². The van der Waals surface area contributed by atoms with Crippen molar-refractivity contribution in [2.24, 2.45) is 0 Å². The zero-order valence-corrected chi connectivity index (χ0v) is 17.4. The molecule has 3 rings (SSSR count). The molecule has 1 amide bonds. The van der Waals surface area contributed by atoms with Crippen LogP contribution in [0.25, 0.3) is 16.3 Å². The summed E-state index contributed by atoms with van der Waals surface area (Å²) in [5.74, 6) is -1.54. The van der Waals surface area contributed by atoms with Crippen LogP contribution >= 0.6 is 0 Å². The molecule has 31 heavy (non-hydrogen) atoms. The molecular formula is C25H23N3O3. The molecule has 0 saturated heterocycles. The van der Waals surface area contributed by atoms with Crippen molar-refractivity contribution in [2.75, 3.05) is 23.8 Å². The first kappa shape index (κ1) is 21.6. The van der Waals surface area contributed by atoms with Gasteiger partial charge in [0.25, 0.3) is 0 Å². The van der Waals surface area contributed by atoms with E-state index in [1.165, 1.54) is 12.1 Å². The Morgan fingerprint density at radius 2 is 1.84 bits per heavy atom. The van der Waals surface area contributed by atoms with Crippen LogP contribution in [0, 0.1) is 11.3 Å². The summed E-state index contributed by atoms with van der Waals surface area (Å²) in [4.78, 5) is 26.1. The number of carboxylic acid groups (broad SMARTS) is 1. The number of hydrogen-bond donors (Lipinski definition) is 2. The highest BCUT2D eigenvalue weighted by molar-refractivity contribution is 6.07. The minimum Gasteiger partial charge on any atom is -0.478 e. The lowest BCUT2D eigenvalue weighted by Gasteiger charge is -2.19. The SMILES string of the molecule is C/C(=C/C(=O)Nc1ccc(N(C)CCC#N)cc1C(=O)O)c1ccc2ccccc2c1. The molecule has 6 heteroatoms. The molecule has 3 aromatic rings. The zero-order chi connectivity index (χ0) is 22.4. The third-order valence-electron chi connectivity index (χ3n) is 5.04. The number of carbonyl (C=O) groups is 2. The molecule has 0 radical (unpaired) electrons. The standard InChI is InChI=1S/C25H23N3O3/c1-17(19-9-8-18-6-3-4-7-20(18)15-19)14-24(29)27-23-11-10-21(16-22(23)25(30)31)28(2)13-5-12-26/h3-4,6-11,14-16H,5,13H2,1-2H3,(H,27,29)(H,30,31)/b17-14-. The summed E-state index contributed by atoms with van der Waals surface area (Å²) in [5, 5.41) is 23.2. The third-order valence-corrected chi connectivity index (χ3v) is 5.04. The van der Waals surface area contributed by atoms with E-state index < -0.39 is 11.9 Å². The fourth-order valence-electron chi connectivity index (χ4n) is 3.29. The normalized spacial score (nSPS) is 11.1. The molecule has 6 nitrogen and oxygen atoms in total. The Morgan fingerprint density at radius 3 is 2.55 bits per heavy atom. The van der Waals surface area contributed by atoms with Crippen LogP contribution in [0.2, 0.25) is 0 Å². The molecule has 0 saturated carbocycles. The molecule has 0 aliphatic heterocycles. The van der Waals surface area contributed by atoms with Gasteiger partial charge in [-0.3, -0.25) is 4.79 Å². The molecule has 0 aliphatic rings. The number of amides is 1. The summed E-state index contributed by atoms with van der Waals surface area (Å²) >= 11 is 0. The van der Waals surface area contributed by atoms with Crippen LogP contribution < -0.4 is 10.2 Å². The van der Waals surface area contributed by atoms with Crippen molar-refractivity contribution in [3.63, 3.8) is 0 Å². The summed E-state index contributed by atoms with van der Waals surface area (Å²) in [7, 11) is 1.78. The highest BCUT2D eigenvalue weighted by Crippen LogP contribution is 2.24. The number of allylic oxidation sites excluding steroid dienone is 1. The first-order chi connectivity index (χ1) is 14.9. The number of nitrogens with zero attached hydrogens (tertiary/aromatic N) is 2. The van der Waals surface area contributed by atoms with Gasteiger partial charge in [0.15, 0.2) is 0 Å². The fraction of sp³-hybridized carbons (Fsp3) is 0.160. The largest absolute Gasteiger partial charge is 0.478 e.